The summed E-state index contributed by atoms with van der Waals surface area (Å²) in [6, 6.07) is 14.3. The molecule has 6 nitrogen and oxygen atoms in total. The standard InChI is InChI=1S/C23H20ClN3O3S/c1-13-20(31-22(26-13)14-7-9-16(24)10-8-14)21(28)27-19(23(29)30-2)11-15-12-25-18-6-4-3-5-17(15)18/h3-10,12,19,25H,11H2,1-2H3,(H,27,28)/t19-/m1/s1. The summed E-state index contributed by atoms with van der Waals surface area (Å²) in [6.07, 6.45) is 2.16. The first-order valence-corrected chi connectivity index (χ1v) is 10.8. The second-order valence-electron chi connectivity index (χ2n) is 7.05. The van der Waals surface area contributed by atoms with Crippen LogP contribution in [0.1, 0.15) is 20.9 Å². The summed E-state index contributed by atoms with van der Waals surface area (Å²) < 4.78 is 4.94. The third-order valence-corrected chi connectivity index (χ3v) is 6.44. The van der Waals surface area contributed by atoms with Crippen LogP contribution in [0.25, 0.3) is 21.5 Å². The molecule has 0 aliphatic carbocycles. The summed E-state index contributed by atoms with van der Waals surface area (Å²) in [5.74, 6) is -0.857. The van der Waals surface area contributed by atoms with Crippen molar-refractivity contribution in [3.63, 3.8) is 0 Å². The first-order chi connectivity index (χ1) is 15.0. The normalized spacial score (nSPS) is 12.0. The van der Waals surface area contributed by atoms with E-state index >= 15 is 0 Å². The van der Waals surface area contributed by atoms with Gasteiger partial charge in [0.1, 0.15) is 15.9 Å². The minimum absolute atomic E-state index is 0.310. The summed E-state index contributed by atoms with van der Waals surface area (Å²) in [4.78, 5) is 33.6. The van der Waals surface area contributed by atoms with Crippen LogP contribution in [0.3, 0.4) is 0 Å². The van der Waals surface area contributed by atoms with Crippen molar-refractivity contribution in [3.8, 4) is 10.6 Å². The van der Waals surface area contributed by atoms with E-state index in [0.717, 1.165) is 22.0 Å². The molecule has 0 saturated carbocycles. The zero-order valence-corrected chi connectivity index (χ0v) is 18.5. The number of methoxy groups -OCH3 is 1. The highest BCUT2D eigenvalue weighted by Gasteiger charge is 2.26. The number of aromatic amines is 1. The number of nitrogens with one attached hydrogen (secondary N) is 2. The van der Waals surface area contributed by atoms with Crippen molar-refractivity contribution < 1.29 is 14.3 Å². The molecule has 31 heavy (non-hydrogen) atoms. The molecule has 4 rings (SSSR count). The van der Waals surface area contributed by atoms with Gasteiger partial charge in [0.25, 0.3) is 5.91 Å². The van der Waals surface area contributed by atoms with Gasteiger partial charge in [0.15, 0.2) is 0 Å². The van der Waals surface area contributed by atoms with Crippen LogP contribution in [0.15, 0.2) is 54.7 Å². The molecule has 2 aromatic carbocycles. The molecule has 0 spiro atoms. The average molecular weight is 454 g/mol. The van der Waals surface area contributed by atoms with E-state index in [9.17, 15) is 9.59 Å². The molecule has 2 heterocycles. The molecule has 2 aromatic heterocycles. The number of carbonyl (C=O) groups is 2. The number of thiazole rings is 1. The molecule has 1 amide bonds. The van der Waals surface area contributed by atoms with E-state index in [2.05, 4.69) is 15.3 Å². The fourth-order valence-electron chi connectivity index (χ4n) is 3.40. The number of amides is 1. The smallest absolute Gasteiger partial charge is 0.328 e. The van der Waals surface area contributed by atoms with Crippen LogP contribution in [0, 0.1) is 6.92 Å². The van der Waals surface area contributed by atoms with Crippen molar-refractivity contribution in [2.45, 2.75) is 19.4 Å². The van der Waals surface area contributed by atoms with Crippen molar-refractivity contribution in [2.75, 3.05) is 7.11 Å². The molecular weight excluding hydrogens is 434 g/mol. The molecule has 2 N–H and O–H groups in total. The third-order valence-electron chi connectivity index (χ3n) is 4.98. The van der Waals surface area contributed by atoms with Crippen LogP contribution in [-0.2, 0) is 16.0 Å². The summed E-state index contributed by atoms with van der Waals surface area (Å²) in [5.41, 5.74) is 3.37. The van der Waals surface area contributed by atoms with Crippen LogP contribution in [0.4, 0.5) is 0 Å². The second-order valence-corrected chi connectivity index (χ2v) is 8.49. The van der Waals surface area contributed by atoms with Crippen LogP contribution >= 0.6 is 22.9 Å². The molecular formula is C23H20ClN3O3S. The maximum Gasteiger partial charge on any atom is 0.328 e. The number of fused-ring (bicyclic) bond motifs is 1. The number of H-pyrrole nitrogens is 1. The van der Waals surface area contributed by atoms with Gasteiger partial charge in [-0.25, -0.2) is 9.78 Å². The lowest BCUT2D eigenvalue weighted by Gasteiger charge is -2.16. The predicted molar refractivity (Wildman–Crippen MR) is 123 cm³/mol. The van der Waals surface area contributed by atoms with Crippen LogP contribution in [-0.4, -0.2) is 35.0 Å². The number of carbonyl (C=O) groups excluding carboxylic acids is 2. The van der Waals surface area contributed by atoms with Crippen molar-refractivity contribution in [1.82, 2.24) is 15.3 Å². The Kier molecular flexibility index (Phi) is 6.06. The Morgan fingerprint density at radius 2 is 1.94 bits per heavy atom. The number of ether oxygens (including phenoxy) is 1. The highest BCUT2D eigenvalue weighted by Crippen LogP contribution is 2.29. The lowest BCUT2D eigenvalue weighted by atomic mass is 10.0. The van der Waals surface area contributed by atoms with E-state index in [0.29, 0.717) is 27.0 Å². The highest BCUT2D eigenvalue weighted by atomic mass is 35.5. The maximum atomic E-state index is 13.0. The molecule has 0 bridgehead atoms. The van der Waals surface area contributed by atoms with Gasteiger partial charge < -0.3 is 15.0 Å². The molecule has 158 valence electrons. The number of aryl methyl sites for hydroxylation is 1. The Bertz CT molecular complexity index is 1250. The molecule has 0 aliphatic heterocycles. The number of benzene rings is 2. The first kappa shape index (κ1) is 21.1. The van der Waals surface area contributed by atoms with Gasteiger partial charge in [-0.15, -0.1) is 11.3 Å². The molecule has 0 unspecified atom stereocenters. The summed E-state index contributed by atoms with van der Waals surface area (Å²) >= 11 is 7.23. The Hall–Kier alpha value is -3.16. The second kappa shape index (κ2) is 8.91. The monoisotopic (exact) mass is 453 g/mol. The van der Waals surface area contributed by atoms with E-state index in [1.165, 1.54) is 18.4 Å². The van der Waals surface area contributed by atoms with Gasteiger partial charge in [0.05, 0.1) is 12.8 Å². The number of rotatable bonds is 6. The molecule has 1 atom stereocenters. The zero-order chi connectivity index (χ0) is 22.0. The van der Waals surface area contributed by atoms with Gasteiger partial charge in [-0.1, -0.05) is 41.9 Å². The maximum absolute atomic E-state index is 13.0. The lowest BCUT2D eigenvalue weighted by molar-refractivity contribution is -0.142. The molecule has 8 heteroatoms. The quantitative estimate of drug-likeness (QED) is 0.412. The van der Waals surface area contributed by atoms with Gasteiger partial charge in [-0.2, -0.15) is 0 Å². The number of aromatic nitrogens is 2. The van der Waals surface area contributed by atoms with Crippen LogP contribution < -0.4 is 5.32 Å². The van der Waals surface area contributed by atoms with Gasteiger partial charge >= 0.3 is 5.97 Å². The largest absolute Gasteiger partial charge is 0.467 e. The Balaban J connectivity index is 1.57. The van der Waals surface area contributed by atoms with E-state index in [-0.39, 0.29) is 5.91 Å². The van der Waals surface area contributed by atoms with Crippen molar-refractivity contribution in [2.24, 2.45) is 0 Å². The summed E-state index contributed by atoms with van der Waals surface area (Å²) in [5, 5.41) is 5.17. The lowest BCUT2D eigenvalue weighted by Crippen LogP contribution is -2.43. The number of esters is 1. The summed E-state index contributed by atoms with van der Waals surface area (Å²) in [6.45, 7) is 1.78. The fraction of sp³-hybridized carbons (Fsp3) is 0.174. The number of nitrogens with zero attached hydrogens (tertiary/aromatic N) is 1. The number of hydrogen-bond acceptors (Lipinski definition) is 5. The van der Waals surface area contributed by atoms with Gasteiger partial charge in [-0.3, -0.25) is 4.79 Å². The molecule has 0 aliphatic rings. The van der Waals surface area contributed by atoms with Gasteiger partial charge in [-0.05, 0) is 30.7 Å². The topological polar surface area (TPSA) is 84.1 Å². The molecule has 0 saturated heterocycles. The average Bonchev–Trinajstić information content (AvgIpc) is 3.37. The van der Waals surface area contributed by atoms with E-state index < -0.39 is 12.0 Å². The minimum atomic E-state index is -0.822. The highest BCUT2D eigenvalue weighted by molar-refractivity contribution is 7.17. The van der Waals surface area contributed by atoms with Crippen molar-refractivity contribution in [1.29, 1.82) is 0 Å². The number of hydrogen-bond donors (Lipinski definition) is 2. The predicted octanol–water partition coefficient (Wildman–Crippen LogP) is 4.77. The van der Waals surface area contributed by atoms with Crippen LogP contribution in [0.2, 0.25) is 5.02 Å². The van der Waals surface area contributed by atoms with E-state index in [1.807, 2.05) is 42.6 Å². The van der Waals surface area contributed by atoms with E-state index in [1.54, 1.807) is 19.1 Å². The summed E-state index contributed by atoms with van der Waals surface area (Å²) in [7, 11) is 1.31. The fourth-order valence-corrected chi connectivity index (χ4v) is 4.50. The Morgan fingerprint density at radius 3 is 2.68 bits per heavy atom. The Morgan fingerprint density at radius 1 is 1.19 bits per heavy atom. The van der Waals surface area contributed by atoms with E-state index in [4.69, 9.17) is 16.3 Å². The number of halogens is 1. The first-order valence-electron chi connectivity index (χ1n) is 9.63. The van der Waals surface area contributed by atoms with Crippen molar-refractivity contribution >= 4 is 45.7 Å². The molecule has 4 aromatic rings. The third kappa shape index (κ3) is 4.47. The number of para-hydroxylation sites is 1. The molecule has 0 radical (unpaired) electrons. The Labute approximate surface area is 188 Å². The van der Waals surface area contributed by atoms with Gasteiger partial charge in [0.2, 0.25) is 0 Å². The minimum Gasteiger partial charge on any atom is -0.467 e. The molecule has 0 fully saturated rings. The van der Waals surface area contributed by atoms with Gasteiger partial charge in [0, 0.05) is 34.1 Å². The zero-order valence-electron chi connectivity index (χ0n) is 16.9. The SMILES string of the molecule is COC(=O)[C@@H](Cc1c[nH]c2ccccc12)NC(=O)c1sc(-c2ccc(Cl)cc2)nc1C. The van der Waals surface area contributed by atoms with Crippen LogP contribution in [0.5, 0.6) is 0 Å². The van der Waals surface area contributed by atoms with Crippen molar-refractivity contribution in [3.05, 3.63) is 75.9 Å².